The topological polar surface area (TPSA) is 80.4 Å². The van der Waals surface area contributed by atoms with Crippen molar-refractivity contribution in [2.75, 3.05) is 5.73 Å². The summed E-state index contributed by atoms with van der Waals surface area (Å²) in [5.41, 5.74) is 9.73. The van der Waals surface area contributed by atoms with Gasteiger partial charge in [0.1, 0.15) is 5.78 Å². The highest BCUT2D eigenvalue weighted by atomic mass is 79.9. The fraction of sp³-hybridized carbons (Fsp3) is 0.333. The average molecular weight is 659 g/mol. The lowest BCUT2D eigenvalue weighted by atomic mass is 10.1. The number of Topliss-reactive ketones (excluding diaryl/α,β-unsaturated/α-hetero) is 1. The third-order valence-corrected chi connectivity index (χ3v) is 7.04. The number of carbonyl (C=O) groups is 2. The molecule has 0 aromatic heterocycles. The molecule has 0 aliphatic heterocycles. The van der Waals surface area contributed by atoms with Gasteiger partial charge in [0.15, 0.2) is 0 Å². The fourth-order valence-corrected chi connectivity index (χ4v) is 4.32. The Hall–Kier alpha value is -0.700. The molecule has 3 N–H and O–H groups in total. The van der Waals surface area contributed by atoms with E-state index in [1.165, 1.54) is 5.56 Å². The van der Waals surface area contributed by atoms with Crippen molar-refractivity contribution in [2.24, 2.45) is 0 Å². The number of carboxylic acids is 1. The van der Waals surface area contributed by atoms with Crippen molar-refractivity contribution >= 4 is 81.2 Å². The number of nitrogen functional groups attached to an aromatic ring is 1. The van der Waals surface area contributed by atoms with Crippen LogP contribution in [0.4, 0.5) is 5.69 Å². The minimum Gasteiger partial charge on any atom is -0.481 e. The van der Waals surface area contributed by atoms with E-state index in [4.69, 9.17) is 10.8 Å². The molecule has 0 spiro atoms. The lowest BCUT2D eigenvalue weighted by Crippen LogP contribution is -2.00. The van der Waals surface area contributed by atoms with Crippen LogP contribution in [0, 0.1) is 13.8 Å². The molecule has 0 aliphatic rings. The number of carbonyl (C=O) groups excluding carboxylic acids is 1. The first-order chi connectivity index (χ1) is 13.4. The molecule has 0 saturated carbocycles. The van der Waals surface area contributed by atoms with E-state index in [1.807, 2.05) is 45.0 Å². The van der Waals surface area contributed by atoms with E-state index in [9.17, 15) is 9.59 Å². The van der Waals surface area contributed by atoms with Gasteiger partial charge in [-0.2, -0.15) is 0 Å². The second-order valence-electron chi connectivity index (χ2n) is 6.11. The van der Waals surface area contributed by atoms with Crippen LogP contribution in [-0.2, 0) is 16.0 Å². The summed E-state index contributed by atoms with van der Waals surface area (Å²) in [7, 11) is 0. The van der Waals surface area contributed by atoms with Gasteiger partial charge in [0.05, 0.1) is 0 Å². The van der Waals surface area contributed by atoms with Gasteiger partial charge in [-0.05, 0) is 54.8 Å². The summed E-state index contributed by atoms with van der Waals surface area (Å²) in [5.74, 6) is -0.474. The normalized spacial score (nSPS) is 9.66. The molecule has 0 bridgehead atoms. The molecule has 0 heterocycles. The van der Waals surface area contributed by atoms with Crippen LogP contribution in [0.25, 0.3) is 0 Å². The van der Waals surface area contributed by atoms with E-state index < -0.39 is 5.97 Å². The highest BCUT2D eigenvalue weighted by Crippen LogP contribution is 2.27. The molecule has 0 fully saturated rings. The van der Waals surface area contributed by atoms with Gasteiger partial charge in [-0.1, -0.05) is 77.6 Å². The molecular weight excluding hydrogens is 634 g/mol. The summed E-state index contributed by atoms with van der Waals surface area (Å²) in [4.78, 5) is 20.6. The van der Waals surface area contributed by atoms with E-state index in [2.05, 4.69) is 63.7 Å². The Bertz CT molecular complexity index is 808. The molecule has 0 aliphatic carbocycles. The summed E-state index contributed by atoms with van der Waals surface area (Å²) >= 11 is 13.7. The van der Waals surface area contributed by atoms with Crippen LogP contribution in [0.5, 0.6) is 0 Å². The molecule has 0 unspecified atom stereocenters. The molecule has 8 heteroatoms. The van der Waals surface area contributed by atoms with Crippen LogP contribution in [0.1, 0.15) is 43.4 Å². The second kappa shape index (κ2) is 14.3. The standard InChI is InChI=1S/C11H12Br2O.C7H7Br2N.C3H6O2/c1-3-9(14)4-8-5-10(12)7(2)11(13)6-8;1-4-6(8)2-5(10)3-7(4)9;1-2-3(4)5/h5-6H,3-4H2,1-2H3;2-3H,10H2,1H3;2H2,1H3,(H,4,5). The fourth-order valence-electron chi connectivity index (χ4n) is 1.82. The van der Waals surface area contributed by atoms with Crippen molar-refractivity contribution in [3.63, 3.8) is 0 Å². The predicted octanol–water partition coefficient (Wildman–Crippen LogP) is 7.62. The Labute approximate surface area is 206 Å². The van der Waals surface area contributed by atoms with Crippen molar-refractivity contribution in [3.05, 3.63) is 58.8 Å². The molecule has 4 nitrogen and oxygen atoms in total. The van der Waals surface area contributed by atoms with Gasteiger partial charge >= 0.3 is 5.97 Å². The quantitative estimate of drug-likeness (QED) is 0.331. The maximum absolute atomic E-state index is 11.3. The third-order valence-electron chi connectivity index (χ3n) is 3.74. The Morgan fingerprint density at radius 1 is 0.828 bits per heavy atom. The van der Waals surface area contributed by atoms with Gasteiger partial charge < -0.3 is 10.8 Å². The van der Waals surface area contributed by atoms with Gasteiger partial charge in [0.2, 0.25) is 0 Å². The molecule has 2 aromatic carbocycles. The number of hydrogen-bond donors (Lipinski definition) is 2. The van der Waals surface area contributed by atoms with Crippen LogP contribution >= 0.6 is 63.7 Å². The van der Waals surface area contributed by atoms with E-state index in [-0.39, 0.29) is 12.2 Å². The zero-order valence-electron chi connectivity index (χ0n) is 16.8. The molecule has 0 amide bonds. The van der Waals surface area contributed by atoms with E-state index in [0.717, 1.165) is 34.7 Å². The van der Waals surface area contributed by atoms with Crippen molar-refractivity contribution in [1.29, 1.82) is 0 Å². The summed E-state index contributed by atoms with van der Waals surface area (Å²) < 4.78 is 4.18. The Balaban J connectivity index is 0.000000455. The molecule has 0 saturated heterocycles. The Kier molecular flexibility index (Phi) is 14.0. The molecule has 2 rings (SSSR count). The first kappa shape index (κ1) is 28.3. The lowest BCUT2D eigenvalue weighted by molar-refractivity contribution is -0.136. The highest BCUT2D eigenvalue weighted by molar-refractivity contribution is 9.11. The number of hydrogen-bond acceptors (Lipinski definition) is 3. The minimum atomic E-state index is -0.745. The van der Waals surface area contributed by atoms with Gasteiger partial charge in [0, 0.05) is 42.8 Å². The summed E-state index contributed by atoms with van der Waals surface area (Å²) in [6.07, 6.45) is 1.34. The second-order valence-corrected chi connectivity index (χ2v) is 9.53. The molecule has 2 aromatic rings. The number of halogens is 4. The highest BCUT2D eigenvalue weighted by Gasteiger charge is 2.06. The minimum absolute atomic E-state index is 0.222. The van der Waals surface area contributed by atoms with E-state index in [1.54, 1.807) is 6.92 Å². The van der Waals surface area contributed by atoms with Crippen molar-refractivity contribution in [1.82, 2.24) is 0 Å². The number of rotatable bonds is 4. The largest absolute Gasteiger partial charge is 0.481 e. The van der Waals surface area contributed by atoms with Crippen LogP contribution < -0.4 is 5.73 Å². The predicted molar refractivity (Wildman–Crippen MR) is 134 cm³/mol. The Morgan fingerprint density at radius 2 is 1.17 bits per heavy atom. The van der Waals surface area contributed by atoms with E-state index >= 15 is 0 Å². The first-order valence-electron chi connectivity index (χ1n) is 8.81. The average Bonchev–Trinajstić information content (AvgIpc) is 2.64. The SMILES string of the molecule is CCC(=O)Cc1cc(Br)c(C)c(Br)c1.CCC(=O)O.Cc1c(Br)cc(N)cc1Br. The smallest absolute Gasteiger partial charge is 0.303 e. The van der Waals surface area contributed by atoms with Crippen LogP contribution in [-0.4, -0.2) is 16.9 Å². The number of anilines is 1. The van der Waals surface area contributed by atoms with Gasteiger partial charge in [0.25, 0.3) is 0 Å². The Morgan fingerprint density at radius 3 is 1.48 bits per heavy atom. The lowest BCUT2D eigenvalue weighted by Gasteiger charge is -2.05. The monoisotopic (exact) mass is 655 g/mol. The van der Waals surface area contributed by atoms with Crippen molar-refractivity contribution in [3.8, 4) is 0 Å². The van der Waals surface area contributed by atoms with Gasteiger partial charge in [-0.3, -0.25) is 9.59 Å². The van der Waals surface area contributed by atoms with Crippen LogP contribution in [0.15, 0.2) is 42.2 Å². The number of aliphatic carboxylic acids is 1. The number of carboxylic acid groups (broad SMARTS) is 1. The molecule has 160 valence electrons. The summed E-state index contributed by atoms with van der Waals surface area (Å²) in [5, 5.41) is 7.72. The first-order valence-corrected chi connectivity index (χ1v) is 12.0. The van der Waals surface area contributed by atoms with Crippen molar-refractivity contribution < 1.29 is 14.7 Å². The zero-order valence-corrected chi connectivity index (χ0v) is 23.1. The maximum Gasteiger partial charge on any atom is 0.303 e. The number of nitrogens with two attached hydrogens (primary N) is 1. The molecule has 29 heavy (non-hydrogen) atoms. The van der Waals surface area contributed by atoms with Crippen molar-refractivity contribution in [2.45, 2.75) is 47.0 Å². The number of ketones is 1. The van der Waals surface area contributed by atoms with Gasteiger partial charge in [-0.25, -0.2) is 0 Å². The summed E-state index contributed by atoms with van der Waals surface area (Å²) in [6.45, 7) is 7.54. The third kappa shape index (κ3) is 11.3. The maximum atomic E-state index is 11.3. The van der Waals surface area contributed by atoms with Gasteiger partial charge in [-0.15, -0.1) is 0 Å². The molecule has 0 radical (unpaired) electrons. The van der Waals surface area contributed by atoms with Crippen LogP contribution in [0.3, 0.4) is 0 Å². The summed E-state index contributed by atoms with van der Waals surface area (Å²) in [6, 6.07) is 7.79. The van der Waals surface area contributed by atoms with E-state index in [0.29, 0.717) is 12.8 Å². The molecular formula is C21H25Br4NO3. The van der Waals surface area contributed by atoms with Crippen LogP contribution in [0.2, 0.25) is 0 Å². The molecule has 0 atom stereocenters. The number of benzene rings is 2. The zero-order chi connectivity index (χ0) is 22.7.